The Hall–Kier alpha value is -2.58. The topological polar surface area (TPSA) is 86.8 Å². The number of anilines is 1. The van der Waals surface area contributed by atoms with Crippen LogP contribution in [0.3, 0.4) is 0 Å². The van der Waals surface area contributed by atoms with Gasteiger partial charge in [0.05, 0.1) is 11.9 Å². The van der Waals surface area contributed by atoms with Crippen LogP contribution in [0.1, 0.15) is 62.1 Å². The van der Waals surface area contributed by atoms with Gasteiger partial charge < -0.3 is 10.2 Å². The number of hydrogen-bond donors (Lipinski definition) is 1. The molecular weight excluding hydrogens is 510 g/mol. The average Bonchev–Trinajstić information content (AvgIpc) is 2.85. The molecule has 37 heavy (non-hydrogen) atoms. The van der Waals surface area contributed by atoms with Gasteiger partial charge in [-0.15, -0.1) is 0 Å². The van der Waals surface area contributed by atoms with Crippen molar-refractivity contribution in [1.29, 1.82) is 0 Å². The largest absolute Gasteiger partial charge is 0.352 e. The van der Waals surface area contributed by atoms with Crippen molar-refractivity contribution in [2.24, 2.45) is 0 Å². The molecule has 0 aromatic heterocycles. The normalized spacial score (nSPS) is 15.2. The summed E-state index contributed by atoms with van der Waals surface area (Å²) in [7, 11) is -3.76. The zero-order chi connectivity index (χ0) is 27.2. The fourth-order valence-corrected chi connectivity index (χ4v) is 5.71. The van der Waals surface area contributed by atoms with Gasteiger partial charge in [0.25, 0.3) is 0 Å². The zero-order valence-corrected chi connectivity index (χ0v) is 23.7. The van der Waals surface area contributed by atoms with Gasteiger partial charge in [-0.1, -0.05) is 56.0 Å². The van der Waals surface area contributed by atoms with E-state index in [1.165, 1.54) is 11.3 Å². The van der Waals surface area contributed by atoms with Crippen LogP contribution in [0.4, 0.5) is 5.69 Å². The summed E-state index contributed by atoms with van der Waals surface area (Å²) in [5.74, 6) is -0.641. The lowest BCUT2D eigenvalue weighted by Crippen LogP contribution is -2.53. The van der Waals surface area contributed by atoms with Crippen LogP contribution in [0, 0.1) is 13.8 Å². The maximum absolute atomic E-state index is 13.8. The van der Waals surface area contributed by atoms with Crippen molar-refractivity contribution in [1.82, 2.24) is 10.2 Å². The maximum atomic E-state index is 13.8. The first-order valence-corrected chi connectivity index (χ1v) is 15.1. The van der Waals surface area contributed by atoms with E-state index in [1.807, 2.05) is 39.0 Å². The van der Waals surface area contributed by atoms with Crippen LogP contribution in [0.15, 0.2) is 42.5 Å². The molecule has 0 bridgehead atoms. The molecule has 0 heterocycles. The first-order chi connectivity index (χ1) is 17.5. The van der Waals surface area contributed by atoms with E-state index in [-0.39, 0.29) is 18.5 Å². The second kappa shape index (κ2) is 12.8. The number of benzene rings is 2. The Morgan fingerprint density at radius 1 is 1.03 bits per heavy atom. The van der Waals surface area contributed by atoms with Crippen molar-refractivity contribution in [3.8, 4) is 0 Å². The third-order valence-corrected chi connectivity index (χ3v) is 8.45. The highest BCUT2D eigenvalue weighted by molar-refractivity contribution is 7.92. The van der Waals surface area contributed by atoms with Crippen LogP contribution in [-0.4, -0.2) is 50.0 Å². The molecule has 0 aliphatic heterocycles. The van der Waals surface area contributed by atoms with Crippen molar-refractivity contribution in [3.05, 3.63) is 64.2 Å². The number of nitrogens with zero attached hydrogens (tertiary/aromatic N) is 2. The molecule has 2 amide bonds. The molecule has 3 rings (SSSR count). The number of amides is 2. The minimum absolute atomic E-state index is 0.103. The van der Waals surface area contributed by atoms with Gasteiger partial charge in [0, 0.05) is 17.6 Å². The molecule has 1 atom stereocenters. The molecule has 202 valence electrons. The van der Waals surface area contributed by atoms with Crippen molar-refractivity contribution in [2.75, 3.05) is 17.1 Å². The van der Waals surface area contributed by atoms with Gasteiger partial charge in [-0.05, 0) is 74.1 Å². The number of rotatable bonds is 10. The SMILES string of the molecule is CC[C@H](C(=O)NC1CCCCC1)N(Cc1ccc(Cl)cc1)C(=O)CN(c1ccc(C)c(C)c1)S(C)(=O)=O. The molecule has 0 radical (unpaired) electrons. The van der Waals surface area contributed by atoms with Gasteiger partial charge in [0.1, 0.15) is 12.6 Å². The van der Waals surface area contributed by atoms with E-state index in [9.17, 15) is 18.0 Å². The summed E-state index contributed by atoms with van der Waals surface area (Å²) in [6.07, 6.45) is 6.68. The summed E-state index contributed by atoms with van der Waals surface area (Å²) in [6.45, 7) is 5.47. The second-order valence-electron chi connectivity index (χ2n) is 9.95. The first kappa shape index (κ1) is 29.0. The van der Waals surface area contributed by atoms with Gasteiger partial charge in [-0.25, -0.2) is 8.42 Å². The van der Waals surface area contributed by atoms with E-state index in [1.54, 1.807) is 24.3 Å². The molecule has 2 aromatic carbocycles. The van der Waals surface area contributed by atoms with E-state index in [0.29, 0.717) is 17.1 Å². The lowest BCUT2D eigenvalue weighted by atomic mass is 9.95. The van der Waals surface area contributed by atoms with Crippen LogP contribution in [0.2, 0.25) is 5.02 Å². The highest BCUT2D eigenvalue weighted by Gasteiger charge is 2.32. The smallest absolute Gasteiger partial charge is 0.244 e. The van der Waals surface area contributed by atoms with Crippen LogP contribution < -0.4 is 9.62 Å². The molecular formula is C28H38ClN3O4S. The molecule has 0 unspecified atom stereocenters. The van der Waals surface area contributed by atoms with E-state index in [0.717, 1.165) is 52.9 Å². The number of sulfonamides is 1. The molecule has 7 nitrogen and oxygen atoms in total. The maximum Gasteiger partial charge on any atom is 0.244 e. The van der Waals surface area contributed by atoms with E-state index < -0.39 is 28.5 Å². The average molecular weight is 548 g/mol. The van der Waals surface area contributed by atoms with E-state index in [2.05, 4.69) is 5.32 Å². The van der Waals surface area contributed by atoms with Gasteiger partial charge in [-0.3, -0.25) is 13.9 Å². The summed E-state index contributed by atoms with van der Waals surface area (Å²) >= 11 is 6.05. The zero-order valence-electron chi connectivity index (χ0n) is 22.2. The van der Waals surface area contributed by atoms with Gasteiger partial charge in [0.2, 0.25) is 21.8 Å². The molecule has 9 heteroatoms. The van der Waals surface area contributed by atoms with Crippen molar-refractivity contribution < 1.29 is 18.0 Å². The Balaban J connectivity index is 1.92. The highest BCUT2D eigenvalue weighted by Crippen LogP contribution is 2.23. The standard InChI is InChI=1S/C28H38ClN3O4S/c1-5-26(28(34)30-24-9-7-6-8-10-24)31(18-22-12-14-23(29)15-13-22)27(33)19-32(37(4,35)36)25-16-11-20(2)21(3)17-25/h11-17,24,26H,5-10,18-19H2,1-4H3,(H,30,34)/t26-/m1/s1. The molecule has 1 fully saturated rings. The molecule has 2 aromatic rings. The predicted octanol–water partition coefficient (Wildman–Crippen LogP) is 4.98. The summed E-state index contributed by atoms with van der Waals surface area (Å²) in [5, 5.41) is 3.71. The molecule has 1 N–H and O–H groups in total. The Kier molecular flexibility index (Phi) is 10.0. The van der Waals surface area contributed by atoms with Gasteiger partial charge >= 0.3 is 0 Å². The molecule has 0 saturated heterocycles. The number of carbonyl (C=O) groups is 2. The summed E-state index contributed by atoms with van der Waals surface area (Å²) in [4.78, 5) is 28.7. The third-order valence-electron chi connectivity index (χ3n) is 7.06. The number of aryl methyl sites for hydroxylation is 2. The Labute approximate surface area is 226 Å². The molecule has 1 aliphatic carbocycles. The Morgan fingerprint density at radius 3 is 2.24 bits per heavy atom. The van der Waals surface area contributed by atoms with Crippen LogP contribution in [0.5, 0.6) is 0 Å². The predicted molar refractivity (Wildman–Crippen MR) is 149 cm³/mol. The van der Waals surface area contributed by atoms with Crippen LogP contribution in [-0.2, 0) is 26.2 Å². The fraction of sp³-hybridized carbons (Fsp3) is 0.500. The summed E-state index contributed by atoms with van der Waals surface area (Å²) < 4.78 is 26.7. The summed E-state index contributed by atoms with van der Waals surface area (Å²) in [6, 6.07) is 11.8. The summed E-state index contributed by atoms with van der Waals surface area (Å²) in [5.41, 5.74) is 3.18. The lowest BCUT2D eigenvalue weighted by Gasteiger charge is -2.34. The van der Waals surface area contributed by atoms with Crippen molar-refractivity contribution in [3.63, 3.8) is 0 Å². The number of carbonyl (C=O) groups excluding carboxylic acids is 2. The quantitative estimate of drug-likeness (QED) is 0.454. The third kappa shape index (κ3) is 7.95. The monoisotopic (exact) mass is 547 g/mol. The Morgan fingerprint density at radius 2 is 1.68 bits per heavy atom. The van der Waals surface area contributed by atoms with Crippen LogP contribution in [0.25, 0.3) is 0 Å². The molecule has 1 aliphatic rings. The molecule has 1 saturated carbocycles. The number of halogens is 1. The van der Waals surface area contributed by atoms with Gasteiger partial charge in [-0.2, -0.15) is 0 Å². The second-order valence-corrected chi connectivity index (χ2v) is 12.3. The Bertz CT molecular complexity index is 1190. The minimum atomic E-state index is -3.76. The highest BCUT2D eigenvalue weighted by atomic mass is 35.5. The van der Waals surface area contributed by atoms with Gasteiger partial charge in [0.15, 0.2) is 0 Å². The van der Waals surface area contributed by atoms with Crippen molar-refractivity contribution >= 4 is 39.1 Å². The molecule has 0 spiro atoms. The fourth-order valence-electron chi connectivity index (χ4n) is 4.74. The van der Waals surface area contributed by atoms with Crippen molar-refractivity contribution in [2.45, 2.75) is 77.9 Å². The number of hydrogen-bond acceptors (Lipinski definition) is 4. The van der Waals surface area contributed by atoms with E-state index >= 15 is 0 Å². The number of nitrogens with one attached hydrogen (secondary N) is 1. The first-order valence-electron chi connectivity index (χ1n) is 12.9. The van der Waals surface area contributed by atoms with Crippen LogP contribution >= 0.6 is 11.6 Å². The lowest BCUT2D eigenvalue weighted by molar-refractivity contribution is -0.140. The minimum Gasteiger partial charge on any atom is -0.352 e. The van der Waals surface area contributed by atoms with E-state index in [4.69, 9.17) is 11.6 Å².